The molecular formula is C13H13NO. The summed E-state index contributed by atoms with van der Waals surface area (Å²) in [5.74, 6) is 1.00. The monoisotopic (exact) mass is 199 g/mol. The van der Waals surface area contributed by atoms with E-state index >= 15 is 0 Å². The molecule has 0 unspecified atom stereocenters. The first kappa shape index (κ1) is 8.74. The van der Waals surface area contributed by atoms with Crippen molar-refractivity contribution in [3.05, 3.63) is 59.5 Å². The molecule has 76 valence electrons. The Hall–Kier alpha value is -1.54. The van der Waals surface area contributed by atoms with Crippen LogP contribution >= 0.6 is 0 Å². The molecule has 0 spiro atoms. The number of hydrogen-bond donors (Lipinski definition) is 1. The van der Waals surface area contributed by atoms with Gasteiger partial charge in [-0.2, -0.15) is 0 Å². The van der Waals surface area contributed by atoms with Crippen LogP contribution in [0.1, 0.15) is 22.9 Å². The Labute approximate surface area is 88.9 Å². The van der Waals surface area contributed by atoms with Gasteiger partial charge < -0.3 is 9.73 Å². The predicted molar refractivity (Wildman–Crippen MR) is 58.7 cm³/mol. The first-order valence-electron chi connectivity index (χ1n) is 5.30. The van der Waals surface area contributed by atoms with Gasteiger partial charge in [0.25, 0.3) is 0 Å². The van der Waals surface area contributed by atoms with E-state index in [1.165, 1.54) is 11.1 Å². The van der Waals surface area contributed by atoms with E-state index in [1.54, 1.807) is 6.26 Å². The van der Waals surface area contributed by atoms with Crippen molar-refractivity contribution in [2.45, 2.75) is 12.5 Å². The van der Waals surface area contributed by atoms with Gasteiger partial charge in [0.1, 0.15) is 5.76 Å². The van der Waals surface area contributed by atoms with Crippen LogP contribution in [-0.4, -0.2) is 6.54 Å². The van der Waals surface area contributed by atoms with Crippen molar-refractivity contribution in [1.29, 1.82) is 0 Å². The molecule has 2 aromatic rings. The number of rotatable bonds is 1. The van der Waals surface area contributed by atoms with Crippen LogP contribution in [0.4, 0.5) is 0 Å². The minimum atomic E-state index is 0.227. The first-order valence-corrected chi connectivity index (χ1v) is 5.30. The second kappa shape index (κ2) is 3.55. The van der Waals surface area contributed by atoms with Crippen LogP contribution in [-0.2, 0) is 6.42 Å². The molecule has 1 N–H and O–H groups in total. The molecule has 2 nitrogen and oxygen atoms in total. The zero-order chi connectivity index (χ0) is 10.1. The van der Waals surface area contributed by atoms with E-state index in [-0.39, 0.29) is 6.04 Å². The summed E-state index contributed by atoms with van der Waals surface area (Å²) in [6, 6.07) is 12.8. The van der Waals surface area contributed by atoms with Crippen LogP contribution in [0.3, 0.4) is 0 Å². The third-order valence-corrected chi connectivity index (χ3v) is 2.94. The van der Waals surface area contributed by atoms with Crippen molar-refractivity contribution >= 4 is 0 Å². The number of furan rings is 1. The minimum absolute atomic E-state index is 0.227. The van der Waals surface area contributed by atoms with Crippen molar-refractivity contribution in [2.24, 2.45) is 0 Å². The molecule has 1 atom stereocenters. The summed E-state index contributed by atoms with van der Waals surface area (Å²) < 4.78 is 5.47. The summed E-state index contributed by atoms with van der Waals surface area (Å²) in [5, 5.41) is 3.48. The highest BCUT2D eigenvalue weighted by Crippen LogP contribution is 2.28. The second-order valence-electron chi connectivity index (χ2n) is 3.85. The molecule has 1 aliphatic rings. The molecular weight excluding hydrogens is 186 g/mol. The van der Waals surface area contributed by atoms with Gasteiger partial charge in [0.05, 0.1) is 12.3 Å². The van der Waals surface area contributed by atoms with Crippen molar-refractivity contribution in [1.82, 2.24) is 5.32 Å². The SMILES string of the molecule is c1coc([C@H]2NCCc3ccccc32)c1. The van der Waals surface area contributed by atoms with Crippen LogP contribution in [0.15, 0.2) is 47.1 Å². The molecule has 1 aromatic heterocycles. The fourth-order valence-corrected chi connectivity index (χ4v) is 2.21. The summed E-state index contributed by atoms with van der Waals surface area (Å²) >= 11 is 0. The Morgan fingerprint density at radius 1 is 1.13 bits per heavy atom. The lowest BCUT2D eigenvalue weighted by atomic mass is 9.93. The highest BCUT2D eigenvalue weighted by Gasteiger charge is 2.22. The minimum Gasteiger partial charge on any atom is -0.467 e. The smallest absolute Gasteiger partial charge is 0.125 e. The number of hydrogen-bond acceptors (Lipinski definition) is 2. The molecule has 2 heterocycles. The van der Waals surface area contributed by atoms with Gasteiger partial charge in [-0.15, -0.1) is 0 Å². The van der Waals surface area contributed by atoms with Crippen LogP contribution < -0.4 is 5.32 Å². The Balaban J connectivity index is 2.06. The lowest BCUT2D eigenvalue weighted by molar-refractivity contribution is 0.435. The maximum atomic E-state index is 5.47. The van der Waals surface area contributed by atoms with Gasteiger partial charge in [0.2, 0.25) is 0 Å². The molecule has 15 heavy (non-hydrogen) atoms. The topological polar surface area (TPSA) is 25.2 Å². The molecule has 0 amide bonds. The summed E-state index contributed by atoms with van der Waals surface area (Å²) in [6.45, 7) is 1.02. The fraction of sp³-hybridized carbons (Fsp3) is 0.231. The third-order valence-electron chi connectivity index (χ3n) is 2.94. The quantitative estimate of drug-likeness (QED) is 0.763. The molecule has 1 aliphatic heterocycles. The summed E-state index contributed by atoms with van der Waals surface area (Å²) in [5.41, 5.74) is 2.77. The van der Waals surface area contributed by atoms with Crippen molar-refractivity contribution in [3.8, 4) is 0 Å². The lowest BCUT2D eigenvalue weighted by Gasteiger charge is -2.25. The molecule has 0 fully saturated rings. The maximum absolute atomic E-state index is 5.47. The van der Waals surface area contributed by atoms with Crippen LogP contribution in [0.2, 0.25) is 0 Å². The molecule has 0 saturated carbocycles. The van der Waals surface area contributed by atoms with E-state index in [4.69, 9.17) is 4.42 Å². The average Bonchev–Trinajstić information content (AvgIpc) is 2.82. The summed E-state index contributed by atoms with van der Waals surface area (Å²) in [7, 11) is 0. The Kier molecular flexibility index (Phi) is 2.07. The van der Waals surface area contributed by atoms with E-state index in [0.29, 0.717) is 0 Å². The molecule has 3 rings (SSSR count). The average molecular weight is 199 g/mol. The molecule has 0 saturated heterocycles. The van der Waals surface area contributed by atoms with Crippen LogP contribution in [0, 0.1) is 0 Å². The zero-order valence-electron chi connectivity index (χ0n) is 8.44. The molecule has 0 aliphatic carbocycles. The fourth-order valence-electron chi connectivity index (χ4n) is 2.21. The van der Waals surface area contributed by atoms with Gasteiger partial charge in [-0.05, 0) is 29.7 Å². The number of fused-ring (bicyclic) bond motifs is 1. The maximum Gasteiger partial charge on any atom is 0.125 e. The molecule has 1 aromatic carbocycles. The van der Waals surface area contributed by atoms with Gasteiger partial charge in [-0.1, -0.05) is 24.3 Å². The molecule has 0 radical (unpaired) electrons. The largest absolute Gasteiger partial charge is 0.467 e. The summed E-state index contributed by atoms with van der Waals surface area (Å²) in [4.78, 5) is 0. The third kappa shape index (κ3) is 1.47. The van der Waals surface area contributed by atoms with Gasteiger partial charge in [-0.25, -0.2) is 0 Å². The highest BCUT2D eigenvalue weighted by molar-refractivity contribution is 5.36. The predicted octanol–water partition coefficient (Wildman–Crippen LogP) is 2.51. The van der Waals surface area contributed by atoms with E-state index in [1.807, 2.05) is 12.1 Å². The van der Waals surface area contributed by atoms with Crippen LogP contribution in [0.25, 0.3) is 0 Å². The Morgan fingerprint density at radius 2 is 2.07 bits per heavy atom. The molecule has 2 heteroatoms. The lowest BCUT2D eigenvalue weighted by Crippen LogP contribution is -2.30. The number of nitrogens with one attached hydrogen (secondary N) is 1. The first-order chi connectivity index (χ1) is 7.45. The Morgan fingerprint density at radius 3 is 2.93 bits per heavy atom. The normalized spacial score (nSPS) is 19.9. The zero-order valence-corrected chi connectivity index (χ0v) is 8.44. The number of benzene rings is 1. The van der Waals surface area contributed by atoms with Crippen molar-refractivity contribution in [2.75, 3.05) is 6.54 Å². The second-order valence-corrected chi connectivity index (χ2v) is 3.85. The van der Waals surface area contributed by atoms with E-state index < -0.39 is 0 Å². The van der Waals surface area contributed by atoms with E-state index in [2.05, 4.69) is 29.6 Å². The van der Waals surface area contributed by atoms with Crippen molar-refractivity contribution in [3.63, 3.8) is 0 Å². The van der Waals surface area contributed by atoms with E-state index in [0.717, 1.165) is 18.7 Å². The van der Waals surface area contributed by atoms with Gasteiger partial charge in [-0.3, -0.25) is 0 Å². The van der Waals surface area contributed by atoms with Crippen LogP contribution in [0.5, 0.6) is 0 Å². The van der Waals surface area contributed by atoms with Gasteiger partial charge >= 0.3 is 0 Å². The van der Waals surface area contributed by atoms with Crippen molar-refractivity contribution < 1.29 is 4.42 Å². The Bertz CT molecular complexity index is 447. The van der Waals surface area contributed by atoms with E-state index in [9.17, 15) is 0 Å². The summed E-state index contributed by atoms with van der Waals surface area (Å²) in [6.07, 6.45) is 2.83. The molecule has 0 bridgehead atoms. The highest BCUT2D eigenvalue weighted by atomic mass is 16.3. The standard InChI is InChI=1S/C13H13NO/c1-2-5-11-10(4-1)7-8-14-13(11)12-6-3-9-15-12/h1-6,9,13-14H,7-8H2/t13-/m0/s1. The van der Waals surface area contributed by atoms with Gasteiger partial charge in [0, 0.05) is 6.54 Å². The van der Waals surface area contributed by atoms with Gasteiger partial charge in [0.15, 0.2) is 0 Å².